The monoisotopic (exact) mass is 151 g/mol. The van der Waals surface area contributed by atoms with Gasteiger partial charge in [-0.15, -0.1) is 0 Å². The lowest BCUT2D eigenvalue weighted by molar-refractivity contribution is 0.110. The highest BCUT2D eigenvalue weighted by atomic mass is 16.4. The summed E-state index contributed by atoms with van der Waals surface area (Å²) in [5, 5.41) is 0. The van der Waals surface area contributed by atoms with Crippen LogP contribution in [0.4, 0.5) is 5.88 Å². The maximum Gasteiger partial charge on any atom is 0.196 e. The molecule has 0 spiro atoms. The Morgan fingerprint density at radius 1 is 1.45 bits per heavy atom. The highest BCUT2D eigenvalue weighted by molar-refractivity contribution is 5.71. The number of carbonyl (C=O) groups excluding carboxylic acids is 1. The molecule has 0 aromatic carbocycles. The molecule has 0 N–H and O–H groups in total. The SMILES string of the molecule is O=Cc1ccc(N2CCC2)o1. The number of anilines is 1. The van der Waals surface area contributed by atoms with Gasteiger partial charge in [-0.1, -0.05) is 0 Å². The van der Waals surface area contributed by atoms with Crippen LogP contribution in [0.5, 0.6) is 0 Å². The minimum Gasteiger partial charge on any atom is -0.438 e. The summed E-state index contributed by atoms with van der Waals surface area (Å²) in [6.45, 7) is 2.09. The van der Waals surface area contributed by atoms with E-state index < -0.39 is 0 Å². The summed E-state index contributed by atoms with van der Waals surface area (Å²) < 4.78 is 5.19. The Balaban J connectivity index is 2.17. The summed E-state index contributed by atoms with van der Waals surface area (Å²) in [5.74, 6) is 1.23. The zero-order valence-corrected chi connectivity index (χ0v) is 6.12. The molecular formula is C8H9NO2. The third-order valence-electron chi connectivity index (χ3n) is 1.90. The average Bonchev–Trinajstić information content (AvgIpc) is 2.32. The molecule has 2 heterocycles. The number of nitrogens with zero attached hydrogens (tertiary/aromatic N) is 1. The van der Waals surface area contributed by atoms with E-state index >= 15 is 0 Å². The minimum absolute atomic E-state index is 0.409. The second-order valence-electron chi connectivity index (χ2n) is 2.63. The standard InChI is InChI=1S/C8H9NO2/c10-6-7-2-3-8(11-7)9-4-1-5-9/h2-3,6H,1,4-5H2. The second kappa shape index (κ2) is 2.42. The minimum atomic E-state index is 0.409. The maximum atomic E-state index is 10.2. The summed E-state index contributed by atoms with van der Waals surface area (Å²) in [6.07, 6.45) is 1.94. The van der Waals surface area contributed by atoms with Crippen molar-refractivity contribution in [3.05, 3.63) is 17.9 Å². The fourth-order valence-corrected chi connectivity index (χ4v) is 1.11. The predicted octanol–water partition coefficient (Wildman–Crippen LogP) is 1.30. The van der Waals surface area contributed by atoms with E-state index in [1.165, 1.54) is 6.42 Å². The molecular weight excluding hydrogens is 142 g/mol. The average molecular weight is 151 g/mol. The highest BCUT2D eigenvalue weighted by Gasteiger charge is 2.17. The van der Waals surface area contributed by atoms with Gasteiger partial charge in [0.15, 0.2) is 17.9 Å². The number of furan rings is 1. The van der Waals surface area contributed by atoms with Crippen LogP contribution < -0.4 is 4.90 Å². The lowest BCUT2D eigenvalue weighted by Crippen LogP contribution is -2.36. The molecule has 1 aromatic rings. The molecule has 0 atom stereocenters. The summed E-state index contributed by atoms with van der Waals surface area (Å²) in [7, 11) is 0. The molecule has 0 bridgehead atoms. The van der Waals surface area contributed by atoms with Gasteiger partial charge >= 0.3 is 0 Å². The first kappa shape index (κ1) is 6.46. The van der Waals surface area contributed by atoms with Crippen LogP contribution in [0.25, 0.3) is 0 Å². The van der Waals surface area contributed by atoms with E-state index in [4.69, 9.17) is 4.42 Å². The largest absolute Gasteiger partial charge is 0.438 e. The van der Waals surface area contributed by atoms with Crippen molar-refractivity contribution < 1.29 is 9.21 Å². The van der Waals surface area contributed by atoms with E-state index in [2.05, 4.69) is 4.90 Å². The predicted molar refractivity (Wildman–Crippen MR) is 40.9 cm³/mol. The maximum absolute atomic E-state index is 10.2. The number of rotatable bonds is 2. The third kappa shape index (κ3) is 1.02. The van der Waals surface area contributed by atoms with Crippen molar-refractivity contribution in [2.45, 2.75) is 6.42 Å². The number of hydrogen-bond acceptors (Lipinski definition) is 3. The van der Waals surface area contributed by atoms with Crippen LogP contribution in [0.1, 0.15) is 17.0 Å². The molecule has 0 unspecified atom stereocenters. The lowest BCUT2D eigenvalue weighted by atomic mass is 10.2. The van der Waals surface area contributed by atoms with Gasteiger partial charge in [0.05, 0.1) is 0 Å². The molecule has 0 amide bonds. The van der Waals surface area contributed by atoms with Gasteiger partial charge in [0.2, 0.25) is 0 Å². The lowest BCUT2D eigenvalue weighted by Gasteiger charge is -2.30. The van der Waals surface area contributed by atoms with Crippen molar-refractivity contribution in [1.82, 2.24) is 0 Å². The summed E-state index contributed by atoms with van der Waals surface area (Å²) in [6, 6.07) is 3.53. The van der Waals surface area contributed by atoms with Crippen molar-refractivity contribution in [2.75, 3.05) is 18.0 Å². The zero-order valence-electron chi connectivity index (χ0n) is 6.12. The van der Waals surface area contributed by atoms with Crippen LogP contribution in [-0.4, -0.2) is 19.4 Å². The third-order valence-corrected chi connectivity index (χ3v) is 1.90. The molecule has 1 fully saturated rings. The van der Waals surface area contributed by atoms with Crippen LogP contribution >= 0.6 is 0 Å². The Bertz CT molecular complexity index is 263. The first-order valence-corrected chi connectivity index (χ1v) is 3.70. The van der Waals surface area contributed by atoms with Gasteiger partial charge in [-0.2, -0.15) is 0 Å². The highest BCUT2D eigenvalue weighted by Crippen LogP contribution is 2.22. The van der Waals surface area contributed by atoms with Gasteiger partial charge in [-0.25, -0.2) is 0 Å². The molecule has 1 aromatic heterocycles. The van der Waals surface area contributed by atoms with Gasteiger partial charge in [-0.05, 0) is 12.5 Å². The molecule has 0 aliphatic carbocycles. The van der Waals surface area contributed by atoms with E-state index in [1.54, 1.807) is 6.07 Å². The molecule has 3 heteroatoms. The van der Waals surface area contributed by atoms with E-state index in [9.17, 15) is 4.79 Å². The van der Waals surface area contributed by atoms with E-state index in [1.807, 2.05) is 6.07 Å². The number of carbonyl (C=O) groups is 1. The van der Waals surface area contributed by atoms with Crippen molar-refractivity contribution in [3.8, 4) is 0 Å². The topological polar surface area (TPSA) is 33.5 Å². The van der Waals surface area contributed by atoms with Gasteiger partial charge in [0.25, 0.3) is 0 Å². The zero-order chi connectivity index (χ0) is 7.68. The van der Waals surface area contributed by atoms with E-state index in [0.717, 1.165) is 25.3 Å². The molecule has 1 aliphatic rings. The normalized spacial score (nSPS) is 16.2. The Kier molecular flexibility index (Phi) is 1.42. The molecule has 2 rings (SSSR count). The number of aldehydes is 1. The van der Waals surface area contributed by atoms with Crippen molar-refractivity contribution in [3.63, 3.8) is 0 Å². The Morgan fingerprint density at radius 2 is 2.27 bits per heavy atom. The first-order chi connectivity index (χ1) is 5.40. The molecule has 1 saturated heterocycles. The van der Waals surface area contributed by atoms with Crippen molar-refractivity contribution >= 4 is 12.2 Å². The molecule has 11 heavy (non-hydrogen) atoms. The molecule has 0 saturated carbocycles. The fraction of sp³-hybridized carbons (Fsp3) is 0.375. The fourth-order valence-electron chi connectivity index (χ4n) is 1.11. The van der Waals surface area contributed by atoms with Crippen LogP contribution in [0.3, 0.4) is 0 Å². The van der Waals surface area contributed by atoms with E-state index in [0.29, 0.717) is 5.76 Å². The molecule has 0 radical (unpaired) electrons. The van der Waals surface area contributed by atoms with Crippen LogP contribution in [0.15, 0.2) is 16.5 Å². The van der Waals surface area contributed by atoms with Gasteiger partial charge < -0.3 is 9.32 Å². The summed E-state index contributed by atoms with van der Waals surface area (Å²) >= 11 is 0. The van der Waals surface area contributed by atoms with Crippen molar-refractivity contribution in [2.24, 2.45) is 0 Å². The molecule has 1 aliphatic heterocycles. The van der Waals surface area contributed by atoms with Gasteiger partial charge in [0, 0.05) is 19.2 Å². The first-order valence-electron chi connectivity index (χ1n) is 3.70. The quantitative estimate of drug-likeness (QED) is 0.597. The van der Waals surface area contributed by atoms with Crippen LogP contribution in [-0.2, 0) is 0 Å². The smallest absolute Gasteiger partial charge is 0.196 e. The van der Waals surface area contributed by atoms with Crippen molar-refractivity contribution in [1.29, 1.82) is 0 Å². The Hall–Kier alpha value is -1.25. The summed E-state index contributed by atoms with van der Waals surface area (Å²) in [4.78, 5) is 12.3. The van der Waals surface area contributed by atoms with Gasteiger partial charge in [-0.3, -0.25) is 4.79 Å². The Labute approximate surface area is 64.6 Å². The second-order valence-corrected chi connectivity index (χ2v) is 2.63. The summed E-state index contributed by atoms with van der Waals surface area (Å²) in [5.41, 5.74) is 0. The van der Waals surface area contributed by atoms with Crippen LogP contribution in [0, 0.1) is 0 Å². The van der Waals surface area contributed by atoms with Crippen LogP contribution in [0.2, 0.25) is 0 Å². The molecule has 58 valence electrons. The number of hydrogen-bond donors (Lipinski definition) is 0. The van der Waals surface area contributed by atoms with Gasteiger partial charge in [0.1, 0.15) is 0 Å². The van der Waals surface area contributed by atoms with E-state index in [-0.39, 0.29) is 0 Å². The Morgan fingerprint density at radius 3 is 2.73 bits per heavy atom. The molecule has 3 nitrogen and oxygen atoms in total.